The minimum atomic E-state index is -2.49. The maximum atomic E-state index is 13.0. The molecule has 66 valence electrons. The van der Waals surface area contributed by atoms with Gasteiger partial charge in [-0.2, -0.15) is 11.8 Å². The van der Waals surface area contributed by atoms with Crippen LogP contribution in [0.5, 0.6) is 0 Å². The van der Waals surface area contributed by atoms with Crippen LogP contribution in [0, 0.1) is 5.92 Å². The summed E-state index contributed by atoms with van der Waals surface area (Å²) in [5.41, 5.74) is 0. The summed E-state index contributed by atoms with van der Waals surface area (Å²) >= 11 is 4.49. The molecule has 1 aliphatic heterocycles. The summed E-state index contributed by atoms with van der Waals surface area (Å²) in [5.74, 6) is -1.22. The molecule has 0 amide bonds. The van der Waals surface area contributed by atoms with E-state index >= 15 is 0 Å². The van der Waals surface area contributed by atoms with E-state index in [9.17, 15) is 8.78 Å². The van der Waals surface area contributed by atoms with Gasteiger partial charge in [0.05, 0.1) is 5.33 Å². The van der Waals surface area contributed by atoms with E-state index in [-0.39, 0.29) is 5.33 Å². The Morgan fingerprint density at radius 3 is 2.73 bits per heavy atom. The minimum absolute atomic E-state index is 0.189. The van der Waals surface area contributed by atoms with E-state index in [1.807, 2.05) is 0 Å². The quantitative estimate of drug-likeness (QED) is 0.673. The lowest BCUT2D eigenvalue weighted by Gasteiger charge is -2.28. The van der Waals surface area contributed by atoms with Crippen molar-refractivity contribution in [1.82, 2.24) is 0 Å². The van der Waals surface area contributed by atoms with E-state index < -0.39 is 11.8 Å². The molecular weight excluding hydrogens is 234 g/mol. The molecule has 1 unspecified atom stereocenters. The normalized spacial score (nSPS) is 27.0. The van der Waals surface area contributed by atoms with Gasteiger partial charge in [-0.05, 0) is 18.6 Å². The van der Waals surface area contributed by atoms with E-state index in [1.54, 1.807) is 11.8 Å². The highest BCUT2D eigenvalue weighted by Gasteiger charge is 2.38. The Morgan fingerprint density at radius 1 is 1.55 bits per heavy atom. The molecule has 11 heavy (non-hydrogen) atoms. The Morgan fingerprint density at radius 2 is 2.27 bits per heavy atom. The van der Waals surface area contributed by atoms with Crippen molar-refractivity contribution >= 4 is 27.7 Å². The highest BCUT2D eigenvalue weighted by molar-refractivity contribution is 9.09. The molecule has 0 bridgehead atoms. The number of alkyl halides is 3. The third kappa shape index (κ3) is 2.58. The van der Waals surface area contributed by atoms with E-state index in [2.05, 4.69) is 15.9 Å². The second-order valence-electron chi connectivity index (χ2n) is 2.81. The summed E-state index contributed by atoms with van der Waals surface area (Å²) in [6, 6.07) is 0. The molecule has 1 atom stereocenters. The van der Waals surface area contributed by atoms with Crippen LogP contribution >= 0.6 is 27.7 Å². The van der Waals surface area contributed by atoms with E-state index in [0.717, 1.165) is 12.2 Å². The van der Waals surface area contributed by atoms with Gasteiger partial charge in [-0.15, -0.1) is 0 Å². The van der Waals surface area contributed by atoms with Crippen LogP contribution in [-0.2, 0) is 0 Å². The maximum Gasteiger partial charge on any atom is 0.261 e. The van der Waals surface area contributed by atoms with Gasteiger partial charge in [-0.25, -0.2) is 8.78 Å². The van der Waals surface area contributed by atoms with Crippen molar-refractivity contribution in [2.75, 3.05) is 16.8 Å². The predicted octanol–water partition coefficient (Wildman–Crippen LogP) is 3.16. The maximum absolute atomic E-state index is 13.0. The Labute approximate surface area is 78.2 Å². The first-order valence-electron chi connectivity index (χ1n) is 3.68. The molecule has 1 fully saturated rings. The highest BCUT2D eigenvalue weighted by atomic mass is 79.9. The zero-order valence-corrected chi connectivity index (χ0v) is 8.56. The van der Waals surface area contributed by atoms with Gasteiger partial charge in [0.25, 0.3) is 5.92 Å². The SMILES string of the molecule is FC(F)(CBr)C1CCCSC1. The highest BCUT2D eigenvalue weighted by Crippen LogP contribution is 2.36. The topological polar surface area (TPSA) is 0 Å². The average Bonchev–Trinajstić information content (AvgIpc) is 2.06. The second kappa shape index (κ2) is 4.08. The third-order valence-electron chi connectivity index (χ3n) is 1.94. The summed E-state index contributed by atoms with van der Waals surface area (Å²) in [7, 11) is 0. The Bertz CT molecular complexity index is 124. The lowest BCUT2D eigenvalue weighted by Crippen LogP contribution is -2.33. The van der Waals surface area contributed by atoms with Crippen LogP contribution in [0.15, 0.2) is 0 Å². The molecule has 0 aromatic rings. The summed E-state index contributed by atoms with van der Waals surface area (Å²) in [5, 5.41) is -0.189. The fourth-order valence-corrected chi connectivity index (χ4v) is 2.87. The van der Waals surface area contributed by atoms with Crippen LogP contribution in [0.1, 0.15) is 12.8 Å². The van der Waals surface area contributed by atoms with Crippen molar-refractivity contribution < 1.29 is 8.78 Å². The lowest BCUT2D eigenvalue weighted by molar-refractivity contribution is -0.0281. The summed E-state index contributed by atoms with van der Waals surface area (Å²) in [6.07, 6.45) is 1.63. The molecule has 0 nitrogen and oxygen atoms in total. The zero-order valence-electron chi connectivity index (χ0n) is 6.16. The van der Waals surface area contributed by atoms with E-state index in [0.29, 0.717) is 12.2 Å². The van der Waals surface area contributed by atoms with Gasteiger partial charge in [0.1, 0.15) is 0 Å². The third-order valence-corrected chi connectivity index (χ3v) is 3.90. The van der Waals surface area contributed by atoms with Gasteiger partial charge in [0, 0.05) is 11.7 Å². The summed E-state index contributed by atoms with van der Waals surface area (Å²) in [6.45, 7) is 0. The number of halogens is 3. The molecule has 0 radical (unpaired) electrons. The van der Waals surface area contributed by atoms with E-state index in [1.165, 1.54) is 0 Å². The van der Waals surface area contributed by atoms with Crippen LogP contribution in [0.4, 0.5) is 8.78 Å². The van der Waals surface area contributed by atoms with Crippen molar-refractivity contribution in [3.05, 3.63) is 0 Å². The number of rotatable bonds is 2. The van der Waals surface area contributed by atoms with Gasteiger partial charge in [0.2, 0.25) is 0 Å². The van der Waals surface area contributed by atoms with Gasteiger partial charge in [-0.1, -0.05) is 15.9 Å². The molecule has 0 saturated carbocycles. The first kappa shape index (κ1) is 9.78. The first-order valence-corrected chi connectivity index (χ1v) is 5.96. The molecule has 1 saturated heterocycles. The molecule has 4 heteroatoms. The van der Waals surface area contributed by atoms with Crippen LogP contribution in [0.25, 0.3) is 0 Å². The monoisotopic (exact) mass is 244 g/mol. The molecular formula is C7H11BrF2S. The van der Waals surface area contributed by atoms with Gasteiger partial charge < -0.3 is 0 Å². The largest absolute Gasteiger partial charge is 0.261 e. The fraction of sp³-hybridized carbons (Fsp3) is 1.00. The molecule has 1 aliphatic rings. The standard InChI is InChI=1S/C7H11BrF2S/c8-5-7(9,10)6-2-1-3-11-4-6/h6H,1-5H2. The molecule has 0 aromatic heterocycles. The van der Waals surface area contributed by atoms with Crippen LogP contribution in [0.2, 0.25) is 0 Å². The van der Waals surface area contributed by atoms with Crippen molar-refractivity contribution in [3.8, 4) is 0 Å². The van der Waals surface area contributed by atoms with Crippen molar-refractivity contribution in [1.29, 1.82) is 0 Å². The number of hydrogen-bond acceptors (Lipinski definition) is 1. The van der Waals surface area contributed by atoms with E-state index in [4.69, 9.17) is 0 Å². The number of thioether (sulfide) groups is 1. The van der Waals surface area contributed by atoms with Crippen molar-refractivity contribution in [3.63, 3.8) is 0 Å². The van der Waals surface area contributed by atoms with Crippen LogP contribution in [-0.4, -0.2) is 22.8 Å². The zero-order chi connectivity index (χ0) is 8.32. The van der Waals surface area contributed by atoms with Crippen molar-refractivity contribution in [2.45, 2.75) is 18.8 Å². The predicted molar refractivity (Wildman–Crippen MR) is 48.8 cm³/mol. The molecule has 1 rings (SSSR count). The number of hydrogen-bond donors (Lipinski definition) is 0. The molecule has 1 heterocycles. The van der Waals surface area contributed by atoms with Gasteiger partial charge >= 0.3 is 0 Å². The Balaban J connectivity index is 2.43. The molecule has 0 N–H and O–H groups in total. The van der Waals surface area contributed by atoms with Crippen LogP contribution < -0.4 is 0 Å². The Hall–Kier alpha value is 0.690. The average molecular weight is 245 g/mol. The first-order chi connectivity index (χ1) is 5.17. The minimum Gasteiger partial charge on any atom is -0.206 e. The second-order valence-corrected chi connectivity index (χ2v) is 4.52. The molecule has 0 spiro atoms. The smallest absolute Gasteiger partial charge is 0.206 e. The summed E-state index contributed by atoms with van der Waals surface area (Å²) in [4.78, 5) is 0. The van der Waals surface area contributed by atoms with Crippen molar-refractivity contribution in [2.24, 2.45) is 5.92 Å². The molecule has 0 aromatic carbocycles. The van der Waals surface area contributed by atoms with Gasteiger partial charge in [0.15, 0.2) is 0 Å². The molecule has 0 aliphatic carbocycles. The van der Waals surface area contributed by atoms with Crippen LogP contribution in [0.3, 0.4) is 0 Å². The lowest BCUT2D eigenvalue weighted by atomic mass is 9.99. The van der Waals surface area contributed by atoms with Gasteiger partial charge in [-0.3, -0.25) is 0 Å². The summed E-state index contributed by atoms with van der Waals surface area (Å²) < 4.78 is 26.0. The fourth-order valence-electron chi connectivity index (χ4n) is 1.18. The Kier molecular flexibility index (Phi) is 3.62.